The van der Waals surface area contributed by atoms with Crippen molar-refractivity contribution >= 4 is 0 Å². The molecule has 0 radical (unpaired) electrons. The van der Waals surface area contributed by atoms with Crippen molar-refractivity contribution in [2.75, 3.05) is 7.11 Å². The van der Waals surface area contributed by atoms with E-state index in [1.807, 2.05) is 47.4 Å². The minimum atomic E-state index is 0.846. The molecule has 0 unspecified atom stereocenters. The first-order valence-electron chi connectivity index (χ1n) is 8.18. The van der Waals surface area contributed by atoms with Crippen LogP contribution in [0.1, 0.15) is 0 Å². The molecule has 3 nitrogen and oxygen atoms in total. The van der Waals surface area contributed by atoms with Crippen LogP contribution in [-0.4, -0.2) is 16.7 Å². The largest absolute Gasteiger partial charge is 0.497 e. The van der Waals surface area contributed by atoms with Crippen molar-refractivity contribution in [2.24, 2.45) is 0 Å². The van der Waals surface area contributed by atoms with Gasteiger partial charge in [0.15, 0.2) is 0 Å². The Morgan fingerprint density at radius 1 is 0.760 bits per heavy atom. The lowest BCUT2D eigenvalue weighted by atomic mass is 10.1. The van der Waals surface area contributed by atoms with Crippen LogP contribution < -0.4 is 4.74 Å². The number of benzene rings is 3. The molecular formula is C22H18N2O. The standard InChI is InChI=1S/C22H18N2O/c1-25-21-12-10-18(11-13-21)22-15-24(16-23-22)20-9-5-8-19(14-20)17-6-3-2-4-7-17/h2-16H,1H3. The maximum absolute atomic E-state index is 5.21. The molecule has 1 aromatic heterocycles. The van der Waals surface area contributed by atoms with E-state index in [4.69, 9.17) is 4.74 Å². The predicted molar refractivity (Wildman–Crippen MR) is 101 cm³/mol. The Bertz CT molecular complexity index is 972. The fourth-order valence-electron chi connectivity index (χ4n) is 2.85. The van der Waals surface area contributed by atoms with Gasteiger partial charge in [0.25, 0.3) is 0 Å². The summed E-state index contributed by atoms with van der Waals surface area (Å²) in [6.07, 6.45) is 3.90. The third-order valence-corrected chi connectivity index (χ3v) is 4.22. The topological polar surface area (TPSA) is 27.1 Å². The van der Waals surface area contributed by atoms with Gasteiger partial charge in [-0.25, -0.2) is 4.98 Å². The summed E-state index contributed by atoms with van der Waals surface area (Å²) >= 11 is 0. The molecule has 0 aliphatic heterocycles. The molecule has 4 aromatic rings. The third-order valence-electron chi connectivity index (χ3n) is 4.22. The maximum atomic E-state index is 5.21. The van der Waals surface area contributed by atoms with Crippen LogP contribution in [0.3, 0.4) is 0 Å². The summed E-state index contributed by atoms with van der Waals surface area (Å²) < 4.78 is 7.26. The minimum absolute atomic E-state index is 0.846. The summed E-state index contributed by atoms with van der Waals surface area (Å²) in [6.45, 7) is 0. The van der Waals surface area contributed by atoms with Crippen molar-refractivity contribution in [3.8, 4) is 33.8 Å². The fraction of sp³-hybridized carbons (Fsp3) is 0.0455. The summed E-state index contributed by atoms with van der Waals surface area (Å²) in [6, 6.07) is 26.8. The molecule has 3 aromatic carbocycles. The van der Waals surface area contributed by atoms with Gasteiger partial charge in [0.2, 0.25) is 0 Å². The second-order valence-corrected chi connectivity index (χ2v) is 5.81. The minimum Gasteiger partial charge on any atom is -0.497 e. The number of aromatic nitrogens is 2. The summed E-state index contributed by atoms with van der Waals surface area (Å²) in [5.74, 6) is 0.846. The Kier molecular flexibility index (Phi) is 4.05. The van der Waals surface area contributed by atoms with Crippen LogP contribution in [0, 0.1) is 0 Å². The molecule has 0 saturated heterocycles. The van der Waals surface area contributed by atoms with Gasteiger partial charge in [0, 0.05) is 17.4 Å². The van der Waals surface area contributed by atoms with Gasteiger partial charge in [0.05, 0.1) is 19.1 Å². The Labute approximate surface area is 147 Å². The second kappa shape index (κ2) is 6.65. The number of hydrogen-bond acceptors (Lipinski definition) is 2. The molecule has 0 spiro atoms. The first kappa shape index (κ1) is 15.2. The fourth-order valence-corrected chi connectivity index (χ4v) is 2.85. The van der Waals surface area contributed by atoms with Crippen molar-refractivity contribution in [1.29, 1.82) is 0 Å². The van der Waals surface area contributed by atoms with E-state index in [1.54, 1.807) is 7.11 Å². The number of nitrogens with zero attached hydrogens (tertiary/aromatic N) is 2. The van der Waals surface area contributed by atoms with Gasteiger partial charge >= 0.3 is 0 Å². The quantitative estimate of drug-likeness (QED) is 0.514. The van der Waals surface area contributed by atoms with E-state index in [9.17, 15) is 0 Å². The smallest absolute Gasteiger partial charge is 0.118 e. The first-order valence-corrected chi connectivity index (χ1v) is 8.18. The predicted octanol–water partition coefficient (Wildman–Crippen LogP) is 5.21. The zero-order valence-corrected chi connectivity index (χ0v) is 14.0. The van der Waals surface area contributed by atoms with Gasteiger partial charge in [0.1, 0.15) is 5.75 Å². The van der Waals surface area contributed by atoms with E-state index in [0.29, 0.717) is 0 Å². The molecule has 0 atom stereocenters. The van der Waals surface area contributed by atoms with Crippen molar-refractivity contribution in [3.63, 3.8) is 0 Å². The van der Waals surface area contributed by atoms with Gasteiger partial charge < -0.3 is 9.30 Å². The number of hydrogen-bond donors (Lipinski definition) is 0. The van der Waals surface area contributed by atoms with Gasteiger partial charge in [-0.15, -0.1) is 0 Å². The Morgan fingerprint density at radius 2 is 1.52 bits per heavy atom. The zero-order valence-electron chi connectivity index (χ0n) is 14.0. The average molecular weight is 326 g/mol. The SMILES string of the molecule is COc1ccc(-c2cn(-c3cccc(-c4ccccc4)c3)cn2)cc1. The molecule has 122 valence electrons. The molecule has 3 heteroatoms. The summed E-state index contributed by atoms with van der Waals surface area (Å²) in [7, 11) is 1.67. The van der Waals surface area contributed by atoms with Crippen LogP contribution in [0.15, 0.2) is 91.4 Å². The van der Waals surface area contributed by atoms with Crippen LogP contribution in [-0.2, 0) is 0 Å². The van der Waals surface area contributed by atoms with Crippen molar-refractivity contribution in [1.82, 2.24) is 9.55 Å². The van der Waals surface area contributed by atoms with E-state index in [2.05, 4.69) is 53.5 Å². The maximum Gasteiger partial charge on any atom is 0.118 e. The van der Waals surface area contributed by atoms with Gasteiger partial charge in [-0.3, -0.25) is 0 Å². The Morgan fingerprint density at radius 3 is 2.28 bits per heavy atom. The first-order chi connectivity index (χ1) is 12.3. The number of methoxy groups -OCH3 is 1. The highest BCUT2D eigenvalue weighted by Gasteiger charge is 2.05. The van der Waals surface area contributed by atoms with Crippen LogP contribution >= 0.6 is 0 Å². The van der Waals surface area contributed by atoms with E-state index >= 15 is 0 Å². The Hall–Kier alpha value is -3.33. The molecule has 0 N–H and O–H groups in total. The normalized spacial score (nSPS) is 10.6. The van der Waals surface area contributed by atoms with Gasteiger partial charge in [-0.1, -0.05) is 42.5 Å². The molecule has 4 rings (SSSR count). The molecular weight excluding hydrogens is 308 g/mol. The van der Waals surface area contributed by atoms with Crippen molar-refractivity contribution < 1.29 is 4.74 Å². The Balaban J connectivity index is 1.66. The number of imidazole rings is 1. The molecule has 0 amide bonds. The van der Waals surface area contributed by atoms with Gasteiger partial charge in [-0.2, -0.15) is 0 Å². The highest BCUT2D eigenvalue weighted by atomic mass is 16.5. The van der Waals surface area contributed by atoms with Crippen LogP contribution in [0.4, 0.5) is 0 Å². The lowest BCUT2D eigenvalue weighted by Crippen LogP contribution is -1.90. The summed E-state index contributed by atoms with van der Waals surface area (Å²) in [5.41, 5.74) is 5.50. The van der Waals surface area contributed by atoms with E-state index in [-0.39, 0.29) is 0 Å². The van der Waals surface area contributed by atoms with Crippen LogP contribution in [0.5, 0.6) is 5.75 Å². The molecule has 0 fully saturated rings. The van der Waals surface area contributed by atoms with Crippen molar-refractivity contribution in [2.45, 2.75) is 0 Å². The monoisotopic (exact) mass is 326 g/mol. The third kappa shape index (κ3) is 3.17. The van der Waals surface area contributed by atoms with Crippen LogP contribution in [0.25, 0.3) is 28.1 Å². The zero-order chi connectivity index (χ0) is 17.1. The molecule has 0 saturated carbocycles. The lowest BCUT2D eigenvalue weighted by molar-refractivity contribution is 0.415. The molecule has 0 aliphatic rings. The van der Waals surface area contributed by atoms with Crippen LogP contribution in [0.2, 0.25) is 0 Å². The average Bonchev–Trinajstić information content (AvgIpc) is 3.19. The van der Waals surface area contributed by atoms with Crippen molar-refractivity contribution in [3.05, 3.63) is 91.4 Å². The molecule has 0 bridgehead atoms. The molecule has 1 heterocycles. The molecule has 0 aliphatic carbocycles. The summed E-state index contributed by atoms with van der Waals surface area (Å²) in [4.78, 5) is 4.54. The lowest BCUT2D eigenvalue weighted by Gasteiger charge is -2.06. The summed E-state index contributed by atoms with van der Waals surface area (Å²) in [5, 5.41) is 0. The van der Waals surface area contributed by atoms with Gasteiger partial charge in [-0.05, 0) is 47.5 Å². The number of rotatable bonds is 4. The molecule has 25 heavy (non-hydrogen) atoms. The van der Waals surface area contributed by atoms with E-state index < -0.39 is 0 Å². The van der Waals surface area contributed by atoms with E-state index in [1.165, 1.54) is 11.1 Å². The highest BCUT2D eigenvalue weighted by molar-refractivity contribution is 5.66. The highest BCUT2D eigenvalue weighted by Crippen LogP contribution is 2.24. The number of ether oxygens (including phenoxy) is 1. The second-order valence-electron chi connectivity index (χ2n) is 5.81. The van der Waals surface area contributed by atoms with E-state index in [0.717, 1.165) is 22.7 Å².